The number of hydrogen-bond donors (Lipinski definition) is 0. The molecular formula is C23H33N3O2. The van der Waals surface area contributed by atoms with Crippen LogP contribution in [0.4, 0.5) is 0 Å². The lowest BCUT2D eigenvalue weighted by Crippen LogP contribution is -2.56. The van der Waals surface area contributed by atoms with Gasteiger partial charge in [0.1, 0.15) is 6.04 Å². The number of carbonyl (C=O) groups excluding carboxylic acids is 2. The van der Waals surface area contributed by atoms with Gasteiger partial charge in [0.25, 0.3) is 0 Å². The molecule has 28 heavy (non-hydrogen) atoms. The van der Waals surface area contributed by atoms with Gasteiger partial charge in [0, 0.05) is 38.3 Å². The third-order valence-corrected chi connectivity index (χ3v) is 6.76. The maximum absolute atomic E-state index is 13.6. The summed E-state index contributed by atoms with van der Waals surface area (Å²) >= 11 is 0. The number of carbonyl (C=O) groups is 2. The second-order valence-electron chi connectivity index (χ2n) is 8.83. The van der Waals surface area contributed by atoms with Crippen molar-refractivity contribution in [2.75, 3.05) is 26.2 Å². The first-order chi connectivity index (χ1) is 13.6. The highest BCUT2D eigenvalue weighted by Crippen LogP contribution is 2.34. The van der Waals surface area contributed by atoms with Crippen molar-refractivity contribution in [1.29, 1.82) is 0 Å². The fourth-order valence-electron chi connectivity index (χ4n) is 5.27. The summed E-state index contributed by atoms with van der Waals surface area (Å²) in [5.41, 5.74) is 2.01. The monoisotopic (exact) mass is 383 g/mol. The second-order valence-corrected chi connectivity index (χ2v) is 8.83. The number of rotatable bonds is 3. The largest absolute Gasteiger partial charge is 0.338 e. The number of benzene rings is 1. The third-order valence-electron chi connectivity index (χ3n) is 6.76. The molecule has 2 amide bonds. The minimum atomic E-state index is -0.473. The predicted molar refractivity (Wildman–Crippen MR) is 110 cm³/mol. The molecule has 1 atom stereocenters. The molecule has 4 rings (SSSR count). The Hall–Kier alpha value is -1.88. The fourth-order valence-corrected chi connectivity index (χ4v) is 5.27. The van der Waals surface area contributed by atoms with Crippen LogP contribution in [0.2, 0.25) is 0 Å². The van der Waals surface area contributed by atoms with Crippen molar-refractivity contribution >= 4 is 11.8 Å². The fraction of sp³-hybridized carbons (Fsp3) is 0.652. The third kappa shape index (κ3) is 3.69. The highest BCUT2D eigenvalue weighted by atomic mass is 16.2. The molecule has 1 aliphatic carbocycles. The van der Waals surface area contributed by atoms with Gasteiger partial charge in [0.2, 0.25) is 11.8 Å². The van der Waals surface area contributed by atoms with Crippen LogP contribution in [0.3, 0.4) is 0 Å². The molecule has 2 heterocycles. The summed E-state index contributed by atoms with van der Waals surface area (Å²) in [7, 11) is 0. The van der Waals surface area contributed by atoms with E-state index in [0.717, 1.165) is 37.3 Å². The molecule has 0 aromatic heterocycles. The van der Waals surface area contributed by atoms with Gasteiger partial charge in [0.15, 0.2) is 0 Å². The lowest BCUT2D eigenvalue weighted by atomic mass is 9.90. The standard InChI is InChI=1S/C23H33N3O2/c1-17(2)26-21(27)16-18-8-6-7-11-20(18)22(26)23(28)25-14-12-24(13-15-25)19-9-4-3-5-10-19/h6-8,11,17,19,22H,3-5,9-10,12-16H2,1-2H3/t22-/m1/s1. The summed E-state index contributed by atoms with van der Waals surface area (Å²) < 4.78 is 0. The molecule has 1 saturated carbocycles. The van der Waals surface area contributed by atoms with E-state index in [1.165, 1.54) is 32.1 Å². The Morgan fingerprint density at radius 2 is 1.68 bits per heavy atom. The highest BCUT2D eigenvalue weighted by molar-refractivity contribution is 5.92. The smallest absolute Gasteiger partial charge is 0.250 e. The number of hydrogen-bond acceptors (Lipinski definition) is 3. The van der Waals surface area contributed by atoms with E-state index in [9.17, 15) is 9.59 Å². The van der Waals surface area contributed by atoms with Gasteiger partial charge in [-0.2, -0.15) is 0 Å². The summed E-state index contributed by atoms with van der Waals surface area (Å²) in [6.07, 6.45) is 7.06. The van der Waals surface area contributed by atoms with E-state index in [1.807, 2.05) is 43.0 Å². The molecule has 0 radical (unpaired) electrons. The Balaban J connectivity index is 1.50. The lowest BCUT2D eigenvalue weighted by molar-refractivity contribution is -0.150. The molecule has 1 aromatic carbocycles. The molecule has 1 aromatic rings. The van der Waals surface area contributed by atoms with Crippen molar-refractivity contribution in [3.63, 3.8) is 0 Å². The van der Waals surface area contributed by atoms with Crippen molar-refractivity contribution in [3.8, 4) is 0 Å². The van der Waals surface area contributed by atoms with E-state index in [1.54, 1.807) is 4.90 Å². The second kappa shape index (κ2) is 8.24. The lowest BCUT2D eigenvalue weighted by Gasteiger charge is -2.44. The van der Waals surface area contributed by atoms with Gasteiger partial charge in [-0.1, -0.05) is 43.5 Å². The zero-order valence-corrected chi connectivity index (χ0v) is 17.3. The average molecular weight is 384 g/mol. The molecular weight excluding hydrogens is 350 g/mol. The first kappa shape index (κ1) is 19.4. The van der Waals surface area contributed by atoms with E-state index >= 15 is 0 Å². The van der Waals surface area contributed by atoms with E-state index in [2.05, 4.69) is 4.90 Å². The van der Waals surface area contributed by atoms with Gasteiger partial charge >= 0.3 is 0 Å². The van der Waals surface area contributed by atoms with Gasteiger partial charge in [-0.3, -0.25) is 14.5 Å². The topological polar surface area (TPSA) is 43.9 Å². The first-order valence-electron chi connectivity index (χ1n) is 11.0. The molecule has 3 aliphatic rings. The normalized spacial score (nSPS) is 24.5. The summed E-state index contributed by atoms with van der Waals surface area (Å²) in [6, 6.07) is 8.20. The molecule has 152 valence electrons. The highest BCUT2D eigenvalue weighted by Gasteiger charge is 2.41. The quantitative estimate of drug-likeness (QED) is 0.806. The summed E-state index contributed by atoms with van der Waals surface area (Å²) in [5, 5.41) is 0. The Morgan fingerprint density at radius 1 is 1.00 bits per heavy atom. The van der Waals surface area contributed by atoms with Crippen molar-refractivity contribution in [1.82, 2.24) is 14.7 Å². The van der Waals surface area contributed by atoms with Crippen LogP contribution in [0.1, 0.15) is 63.1 Å². The van der Waals surface area contributed by atoms with Gasteiger partial charge in [0.05, 0.1) is 6.42 Å². The predicted octanol–water partition coefficient (Wildman–Crippen LogP) is 3.00. The molecule has 0 unspecified atom stereocenters. The molecule has 2 fully saturated rings. The molecule has 5 nitrogen and oxygen atoms in total. The maximum atomic E-state index is 13.6. The zero-order chi connectivity index (χ0) is 19.7. The molecule has 0 N–H and O–H groups in total. The Morgan fingerprint density at radius 3 is 2.36 bits per heavy atom. The average Bonchev–Trinajstić information content (AvgIpc) is 2.72. The molecule has 5 heteroatoms. The van der Waals surface area contributed by atoms with Crippen LogP contribution >= 0.6 is 0 Å². The minimum absolute atomic E-state index is 0.0123. The molecule has 1 saturated heterocycles. The SMILES string of the molecule is CC(C)N1C(=O)Cc2ccccc2[C@@H]1C(=O)N1CCN(C2CCCCC2)CC1. The molecule has 0 bridgehead atoms. The number of amides is 2. The maximum Gasteiger partial charge on any atom is 0.250 e. The summed E-state index contributed by atoms with van der Waals surface area (Å²) in [4.78, 5) is 32.8. The van der Waals surface area contributed by atoms with Crippen molar-refractivity contribution < 1.29 is 9.59 Å². The molecule has 2 aliphatic heterocycles. The van der Waals surface area contributed by atoms with E-state index < -0.39 is 6.04 Å². The van der Waals surface area contributed by atoms with E-state index in [4.69, 9.17) is 0 Å². The van der Waals surface area contributed by atoms with E-state index in [0.29, 0.717) is 12.5 Å². The van der Waals surface area contributed by atoms with Crippen molar-refractivity contribution in [2.24, 2.45) is 0 Å². The van der Waals surface area contributed by atoms with Crippen LogP contribution < -0.4 is 0 Å². The Kier molecular flexibility index (Phi) is 5.72. The number of piperazine rings is 1. The molecule has 0 spiro atoms. The van der Waals surface area contributed by atoms with Gasteiger partial charge in [-0.05, 0) is 37.8 Å². The minimum Gasteiger partial charge on any atom is -0.338 e. The zero-order valence-electron chi connectivity index (χ0n) is 17.3. The summed E-state index contributed by atoms with van der Waals surface area (Å²) in [6.45, 7) is 7.48. The Labute approximate surface area is 168 Å². The van der Waals surface area contributed by atoms with Crippen LogP contribution in [0.15, 0.2) is 24.3 Å². The number of nitrogens with zero attached hydrogens (tertiary/aromatic N) is 3. The van der Waals surface area contributed by atoms with Gasteiger partial charge in [-0.25, -0.2) is 0 Å². The van der Waals surface area contributed by atoms with Crippen LogP contribution in [-0.2, 0) is 16.0 Å². The van der Waals surface area contributed by atoms with Crippen molar-refractivity contribution in [2.45, 2.75) is 70.5 Å². The van der Waals surface area contributed by atoms with Crippen LogP contribution in [0.25, 0.3) is 0 Å². The van der Waals surface area contributed by atoms with Crippen molar-refractivity contribution in [3.05, 3.63) is 35.4 Å². The van der Waals surface area contributed by atoms with Gasteiger partial charge < -0.3 is 9.80 Å². The van der Waals surface area contributed by atoms with Crippen LogP contribution in [0.5, 0.6) is 0 Å². The van der Waals surface area contributed by atoms with Gasteiger partial charge in [-0.15, -0.1) is 0 Å². The van der Waals surface area contributed by atoms with Crippen LogP contribution in [-0.4, -0.2) is 64.8 Å². The Bertz CT molecular complexity index is 718. The number of fused-ring (bicyclic) bond motifs is 1. The summed E-state index contributed by atoms with van der Waals surface area (Å²) in [5.74, 6) is 0.158. The van der Waals surface area contributed by atoms with E-state index in [-0.39, 0.29) is 17.9 Å². The van der Waals surface area contributed by atoms with Crippen LogP contribution in [0, 0.1) is 0 Å². The first-order valence-corrected chi connectivity index (χ1v) is 11.0.